The smallest absolute Gasteiger partial charge is 0.338 e. The normalized spacial score (nSPS) is 13.0. The lowest BCUT2D eigenvalue weighted by Crippen LogP contribution is -2.19. The minimum atomic E-state index is -4.36. The van der Waals surface area contributed by atoms with E-state index >= 15 is 0 Å². The number of thioether (sulfide) groups is 1. The van der Waals surface area contributed by atoms with Gasteiger partial charge in [-0.05, 0) is 18.9 Å². The average Bonchev–Trinajstić information content (AvgIpc) is 3.27. The molecule has 0 aliphatic heterocycles. The summed E-state index contributed by atoms with van der Waals surface area (Å²) >= 11 is 1.17. The van der Waals surface area contributed by atoms with Crippen LogP contribution in [0.1, 0.15) is 43.7 Å². The summed E-state index contributed by atoms with van der Waals surface area (Å²) in [6.45, 7) is 2.78. The van der Waals surface area contributed by atoms with Crippen LogP contribution in [0.5, 0.6) is 0 Å². The molecule has 3 aromatic rings. The van der Waals surface area contributed by atoms with Gasteiger partial charge < -0.3 is 9.09 Å². The summed E-state index contributed by atoms with van der Waals surface area (Å²) in [6, 6.07) is 8.91. The predicted octanol–water partition coefficient (Wildman–Crippen LogP) is 5.69. The van der Waals surface area contributed by atoms with Crippen molar-refractivity contribution in [3.05, 3.63) is 48.2 Å². The van der Waals surface area contributed by atoms with Gasteiger partial charge in [0, 0.05) is 6.42 Å². The molecule has 0 bridgehead atoms. The summed E-state index contributed by atoms with van der Waals surface area (Å²) in [5, 5.41) is 3.89. The summed E-state index contributed by atoms with van der Waals surface area (Å²) in [5.74, 6) is 1.01. The fraction of sp³-hybridized carbons (Fsp3) is 0.421. The van der Waals surface area contributed by atoms with Crippen LogP contribution in [0.3, 0.4) is 0 Å². The lowest BCUT2D eigenvalue weighted by molar-refractivity contribution is -0.141. The van der Waals surface area contributed by atoms with Crippen LogP contribution in [0.2, 0.25) is 0 Å². The van der Waals surface area contributed by atoms with Crippen molar-refractivity contribution < 1.29 is 17.7 Å². The van der Waals surface area contributed by atoms with Crippen LogP contribution >= 0.6 is 11.8 Å². The Hall–Kier alpha value is -2.29. The molecule has 5 nitrogen and oxygen atoms in total. The molecule has 3 rings (SSSR count). The van der Waals surface area contributed by atoms with E-state index in [2.05, 4.69) is 22.0 Å². The van der Waals surface area contributed by atoms with Gasteiger partial charge in [0.2, 0.25) is 5.89 Å². The molecule has 1 atom stereocenters. The van der Waals surface area contributed by atoms with Gasteiger partial charge in [0.15, 0.2) is 11.0 Å². The summed E-state index contributed by atoms with van der Waals surface area (Å²) < 4.78 is 46.0. The second kappa shape index (κ2) is 8.81. The van der Waals surface area contributed by atoms with E-state index in [1.807, 2.05) is 13.0 Å². The van der Waals surface area contributed by atoms with Crippen molar-refractivity contribution in [1.29, 1.82) is 0 Å². The van der Waals surface area contributed by atoms with Crippen LogP contribution in [-0.2, 0) is 13.0 Å². The molecule has 0 spiro atoms. The second-order valence-electron chi connectivity index (χ2n) is 6.41. The van der Waals surface area contributed by atoms with E-state index < -0.39 is 12.7 Å². The summed E-state index contributed by atoms with van der Waals surface area (Å²) in [5.41, 5.74) is 1.10. The lowest BCUT2D eigenvalue weighted by atomic mass is 10.2. The van der Waals surface area contributed by atoms with Crippen molar-refractivity contribution in [1.82, 2.24) is 19.7 Å². The largest absolute Gasteiger partial charge is 0.406 e. The number of benzene rings is 1. The first-order valence-electron chi connectivity index (χ1n) is 9.04. The van der Waals surface area contributed by atoms with E-state index in [9.17, 15) is 13.2 Å². The van der Waals surface area contributed by atoms with Gasteiger partial charge in [0.25, 0.3) is 0 Å². The highest BCUT2D eigenvalue weighted by atomic mass is 32.2. The number of hydrogen-bond acceptors (Lipinski definition) is 5. The standard InChI is InChI=1S/C19H21F3N4OS/c1-3-4-10-16-24-17(27-25-16)13(2)28-18-23-11-15(14-8-6-5-7-9-14)26(18)12-19(20,21)22/h5-9,11,13H,3-4,10,12H2,1-2H3. The summed E-state index contributed by atoms with van der Waals surface area (Å²) in [6.07, 6.45) is -0.197. The third-order valence-corrected chi connectivity index (χ3v) is 5.19. The molecule has 0 N–H and O–H groups in total. The van der Waals surface area contributed by atoms with E-state index in [0.29, 0.717) is 23.0 Å². The molecule has 1 unspecified atom stereocenters. The molecule has 9 heteroatoms. The van der Waals surface area contributed by atoms with Gasteiger partial charge in [-0.3, -0.25) is 0 Å². The molecule has 1 aromatic carbocycles. The third-order valence-electron chi connectivity index (χ3n) is 4.09. The average molecular weight is 410 g/mol. The zero-order chi connectivity index (χ0) is 20.1. The molecule has 0 amide bonds. The van der Waals surface area contributed by atoms with Crippen LogP contribution in [0.15, 0.2) is 46.2 Å². The van der Waals surface area contributed by atoms with E-state index in [-0.39, 0.29) is 10.4 Å². The number of halogens is 3. The molecular formula is C19H21F3N4OS. The molecule has 2 heterocycles. The monoisotopic (exact) mass is 410 g/mol. The van der Waals surface area contributed by atoms with Crippen molar-refractivity contribution in [2.24, 2.45) is 0 Å². The van der Waals surface area contributed by atoms with Gasteiger partial charge in [0.05, 0.1) is 17.1 Å². The van der Waals surface area contributed by atoms with Crippen LogP contribution in [0.25, 0.3) is 11.3 Å². The molecule has 0 saturated carbocycles. The van der Waals surface area contributed by atoms with Gasteiger partial charge in [-0.1, -0.05) is 60.6 Å². The van der Waals surface area contributed by atoms with Crippen molar-refractivity contribution in [3.63, 3.8) is 0 Å². The van der Waals surface area contributed by atoms with Crippen molar-refractivity contribution in [3.8, 4) is 11.3 Å². The number of imidazole rings is 1. The van der Waals surface area contributed by atoms with E-state index in [1.165, 1.54) is 22.5 Å². The predicted molar refractivity (Wildman–Crippen MR) is 101 cm³/mol. The Morgan fingerprint density at radius 3 is 2.64 bits per heavy atom. The topological polar surface area (TPSA) is 56.7 Å². The van der Waals surface area contributed by atoms with Crippen molar-refractivity contribution >= 4 is 11.8 Å². The number of rotatable bonds is 8. The van der Waals surface area contributed by atoms with Gasteiger partial charge in [0.1, 0.15) is 6.54 Å². The van der Waals surface area contributed by atoms with Crippen LogP contribution < -0.4 is 0 Å². The zero-order valence-electron chi connectivity index (χ0n) is 15.6. The van der Waals surface area contributed by atoms with Crippen molar-refractivity contribution in [2.45, 2.75) is 56.2 Å². The van der Waals surface area contributed by atoms with Gasteiger partial charge in [-0.15, -0.1) is 0 Å². The Bertz CT molecular complexity index is 892. The van der Waals surface area contributed by atoms with Crippen LogP contribution in [-0.4, -0.2) is 25.9 Å². The molecule has 0 saturated heterocycles. The quantitative estimate of drug-likeness (QED) is 0.447. The van der Waals surface area contributed by atoms with Crippen molar-refractivity contribution in [2.75, 3.05) is 0 Å². The molecule has 0 fully saturated rings. The van der Waals surface area contributed by atoms with E-state index in [0.717, 1.165) is 19.3 Å². The Labute approximate surface area is 165 Å². The molecule has 0 aliphatic rings. The van der Waals surface area contributed by atoms with Crippen LogP contribution in [0, 0.1) is 0 Å². The molecule has 0 aliphatic carbocycles. The minimum absolute atomic E-state index is 0.261. The highest BCUT2D eigenvalue weighted by molar-refractivity contribution is 7.99. The number of alkyl halides is 3. The summed E-state index contributed by atoms with van der Waals surface area (Å²) in [7, 11) is 0. The molecule has 28 heavy (non-hydrogen) atoms. The molecule has 150 valence electrons. The lowest BCUT2D eigenvalue weighted by Gasteiger charge is -2.15. The number of aryl methyl sites for hydroxylation is 1. The minimum Gasteiger partial charge on any atom is -0.338 e. The van der Waals surface area contributed by atoms with E-state index in [4.69, 9.17) is 4.52 Å². The first kappa shape index (κ1) is 20.4. The molecule has 2 aromatic heterocycles. The Morgan fingerprint density at radius 1 is 1.21 bits per heavy atom. The van der Waals surface area contributed by atoms with Gasteiger partial charge in [-0.25, -0.2) is 4.98 Å². The van der Waals surface area contributed by atoms with Gasteiger partial charge in [-0.2, -0.15) is 18.2 Å². The zero-order valence-corrected chi connectivity index (χ0v) is 16.4. The number of aromatic nitrogens is 4. The highest BCUT2D eigenvalue weighted by Gasteiger charge is 2.31. The van der Waals surface area contributed by atoms with E-state index in [1.54, 1.807) is 24.3 Å². The number of hydrogen-bond donors (Lipinski definition) is 0. The Morgan fingerprint density at radius 2 is 1.96 bits per heavy atom. The van der Waals surface area contributed by atoms with Crippen LogP contribution in [0.4, 0.5) is 13.2 Å². The Balaban J connectivity index is 1.84. The fourth-order valence-corrected chi connectivity index (χ4v) is 3.62. The molecular weight excluding hydrogens is 389 g/mol. The number of unbranched alkanes of at least 4 members (excludes halogenated alkanes) is 1. The fourth-order valence-electron chi connectivity index (χ4n) is 2.70. The summed E-state index contributed by atoms with van der Waals surface area (Å²) in [4.78, 5) is 8.59. The Kier molecular flexibility index (Phi) is 6.43. The van der Waals surface area contributed by atoms with Gasteiger partial charge >= 0.3 is 6.18 Å². The maximum Gasteiger partial charge on any atom is 0.406 e. The highest BCUT2D eigenvalue weighted by Crippen LogP contribution is 2.37. The first-order valence-corrected chi connectivity index (χ1v) is 9.92. The second-order valence-corrected chi connectivity index (χ2v) is 7.71. The maximum atomic E-state index is 13.2. The SMILES string of the molecule is CCCCc1noc(C(C)Sc2ncc(-c3ccccc3)n2CC(F)(F)F)n1. The maximum absolute atomic E-state index is 13.2. The molecule has 0 radical (unpaired) electrons. The first-order chi connectivity index (χ1) is 13.4. The number of nitrogens with zero attached hydrogens (tertiary/aromatic N) is 4. The third kappa shape index (κ3) is 5.15.